The van der Waals surface area contributed by atoms with Crippen molar-refractivity contribution >= 4 is 17.7 Å². The summed E-state index contributed by atoms with van der Waals surface area (Å²) in [6.45, 7) is 2.30. The van der Waals surface area contributed by atoms with E-state index in [9.17, 15) is 18.0 Å². The van der Waals surface area contributed by atoms with Crippen LogP contribution in [0.2, 0.25) is 0 Å². The third kappa shape index (κ3) is 4.75. The minimum atomic E-state index is -4.35. The van der Waals surface area contributed by atoms with Crippen LogP contribution in [0.1, 0.15) is 26.2 Å². The average Bonchev–Trinajstić information content (AvgIpc) is 2.25. The second-order valence-corrected chi connectivity index (χ2v) is 5.28. The maximum Gasteiger partial charge on any atom is 0.442 e. The molecule has 1 fully saturated rings. The van der Waals surface area contributed by atoms with Crippen molar-refractivity contribution in [3.8, 4) is 0 Å². The highest BCUT2D eigenvalue weighted by atomic mass is 32.2. The summed E-state index contributed by atoms with van der Waals surface area (Å²) < 4.78 is 36.0. The van der Waals surface area contributed by atoms with E-state index < -0.39 is 17.2 Å². The van der Waals surface area contributed by atoms with Crippen molar-refractivity contribution in [3.63, 3.8) is 0 Å². The van der Waals surface area contributed by atoms with Gasteiger partial charge in [-0.3, -0.25) is 4.79 Å². The van der Waals surface area contributed by atoms with Gasteiger partial charge in [0.15, 0.2) is 0 Å². The standard InChI is InChI=1S/C10H17F3N2OS/c1-7(14)8-4-2-3-5-15(8)9(16)6-17-10(11,12)13/h7-8H,2-6,14H2,1H3. The van der Waals surface area contributed by atoms with E-state index in [2.05, 4.69) is 0 Å². The zero-order valence-corrected chi connectivity index (χ0v) is 10.5. The largest absolute Gasteiger partial charge is 0.442 e. The molecule has 3 nitrogen and oxygen atoms in total. The lowest BCUT2D eigenvalue weighted by Gasteiger charge is -2.38. The first-order chi connectivity index (χ1) is 7.81. The molecule has 0 aliphatic carbocycles. The molecule has 1 rings (SSSR count). The Kier molecular flexibility index (Phi) is 5.12. The van der Waals surface area contributed by atoms with Gasteiger partial charge in [-0.15, -0.1) is 0 Å². The number of carbonyl (C=O) groups is 1. The second kappa shape index (κ2) is 5.95. The number of nitrogens with zero attached hydrogens (tertiary/aromatic N) is 1. The predicted octanol–water partition coefficient (Wildman–Crippen LogP) is 1.97. The molecule has 100 valence electrons. The van der Waals surface area contributed by atoms with Crippen LogP contribution in [0.25, 0.3) is 0 Å². The number of hydrogen-bond donors (Lipinski definition) is 1. The molecule has 2 unspecified atom stereocenters. The van der Waals surface area contributed by atoms with Crippen LogP contribution in [0.3, 0.4) is 0 Å². The van der Waals surface area contributed by atoms with E-state index in [0.29, 0.717) is 6.54 Å². The van der Waals surface area contributed by atoms with Crippen molar-refractivity contribution < 1.29 is 18.0 Å². The van der Waals surface area contributed by atoms with E-state index in [4.69, 9.17) is 5.73 Å². The molecule has 1 saturated heterocycles. The van der Waals surface area contributed by atoms with Gasteiger partial charge >= 0.3 is 5.51 Å². The highest BCUT2D eigenvalue weighted by molar-refractivity contribution is 8.00. The minimum Gasteiger partial charge on any atom is -0.337 e. The molecule has 2 N–H and O–H groups in total. The zero-order valence-electron chi connectivity index (χ0n) is 9.67. The molecule has 0 aromatic rings. The highest BCUT2D eigenvalue weighted by Gasteiger charge is 2.33. The predicted molar refractivity (Wildman–Crippen MR) is 61.5 cm³/mol. The number of thioether (sulfide) groups is 1. The number of piperidine rings is 1. The van der Waals surface area contributed by atoms with Gasteiger partial charge in [-0.25, -0.2) is 0 Å². The van der Waals surface area contributed by atoms with Gasteiger partial charge in [0, 0.05) is 18.6 Å². The van der Waals surface area contributed by atoms with Crippen molar-refractivity contribution in [2.75, 3.05) is 12.3 Å². The summed E-state index contributed by atoms with van der Waals surface area (Å²) in [6, 6.07) is -0.319. The van der Waals surface area contributed by atoms with Crippen molar-refractivity contribution in [3.05, 3.63) is 0 Å². The molecular weight excluding hydrogens is 253 g/mol. The van der Waals surface area contributed by atoms with Crippen LogP contribution in [-0.4, -0.2) is 40.7 Å². The number of amides is 1. The first kappa shape index (κ1) is 14.6. The lowest BCUT2D eigenvalue weighted by molar-refractivity contribution is -0.132. The molecule has 17 heavy (non-hydrogen) atoms. The van der Waals surface area contributed by atoms with Crippen molar-refractivity contribution in [2.24, 2.45) is 5.73 Å². The summed E-state index contributed by atoms with van der Waals surface area (Å²) in [4.78, 5) is 13.2. The summed E-state index contributed by atoms with van der Waals surface area (Å²) in [6.07, 6.45) is 2.59. The lowest BCUT2D eigenvalue weighted by Crippen LogP contribution is -2.52. The van der Waals surface area contributed by atoms with Gasteiger partial charge in [-0.2, -0.15) is 13.2 Å². The Morgan fingerprint density at radius 2 is 2.18 bits per heavy atom. The van der Waals surface area contributed by atoms with E-state index in [0.717, 1.165) is 19.3 Å². The molecule has 1 heterocycles. The van der Waals surface area contributed by atoms with E-state index in [1.165, 1.54) is 4.90 Å². The number of alkyl halides is 3. The van der Waals surface area contributed by atoms with Gasteiger partial charge in [-0.05, 0) is 37.9 Å². The summed E-state index contributed by atoms with van der Waals surface area (Å²) >= 11 is -0.283. The monoisotopic (exact) mass is 270 g/mol. The molecular formula is C10H17F3N2OS. The van der Waals surface area contributed by atoms with Gasteiger partial charge in [0.1, 0.15) is 0 Å². The SMILES string of the molecule is CC(N)C1CCCCN1C(=O)CSC(F)(F)F. The number of nitrogens with two attached hydrogens (primary N) is 1. The maximum atomic E-state index is 12.0. The topological polar surface area (TPSA) is 46.3 Å². The third-order valence-electron chi connectivity index (χ3n) is 2.84. The smallest absolute Gasteiger partial charge is 0.337 e. The molecule has 1 amide bonds. The van der Waals surface area contributed by atoms with E-state index in [-0.39, 0.29) is 23.8 Å². The molecule has 0 saturated carbocycles. The molecule has 7 heteroatoms. The van der Waals surface area contributed by atoms with Crippen molar-refractivity contribution in [1.29, 1.82) is 0 Å². The first-order valence-corrected chi connectivity index (χ1v) is 6.55. The quantitative estimate of drug-likeness (QED) is 0.853. The maximum absolute atomic E-state index is 12.0. The Morgan fingerprint density at radius 3 is 2.71 bits per heavy atom. The normalized spacial score (nSPS) is 23.6. The molecule has 0 bridgehead atoms. The van der Waals surface area contributed by atoms with Gasteiger partial charge in [-0.1, -0.05) is 0 Å². The Morgan fingerprint density at radius 1 is 1.53 bits per heavy atom. The van der Waals surface area contributed by atoms with Crippen LogP contribution in [0.4, 0.5) is 13.2 Å². The van der Waals surface area contributed by atoms with Crippen LogP contribution in [0.5, 0.6) is 0 Å². The van der Waals surface area contributed by atoms with Gasteiger partial charge < -0.3 is 10.6 Å². The minimum absolute atomic E-state index is 0.120. The number of hydrogen-bond acceptors (Lipinski definition) is 3. The average molecular weight is 270 g/mol. The molecule has 0 radical (unpaired) electrons. The van der Waals surface area contributed by atoms with E-state index >= 15 is 0 Å². The van der Waals surface area contributed by atoms with E-state index in [1.807, 2.05) is 0 Å². The molecule has 0 aromatic carbocycles. The number of likely N-dealkylation sites (tertiary alicyclic amines) is 1. The summed E-state index contributed by atoms with van der Waals surface area (Å²) in [5.41, 5.74) is 1.40. The Bertz CT molecular complexity index is 271. The first-order valence-electron chi connectivity index (χ1n) is 5.57. The molecule has 1 aliphatic heterocycles. The fourth-order valence-corrected chi connectivity index (χ4v) is 2.49. The summed E-state index contributed by atoms with van der Waals surface area (Å²) in [5.74, 6) is -1.01. The van der Waals surface area contributed by atoms with Crippen LogP contribution < -0.4 is 5.73 Å². The van der Waals surface area contributed by atoms with Crippen LogP contribution in [-0.2, 0) is 4.79 Å². The summed E-state index contributed by atoms with van der Waals surface area (Å²) in [5, 5.41) is 0. The van der Waals surface area contributed by atoms with Gasteiger partial charge in [0.2, 0.25) is 5.91 Å². The number of rotatable bonds is 3. The number of carbonyl (C=O) groups excluding carboxylic acids is 1. The van der Waals surface area contributed by atoms with Crippen molar-refractivity contribution in [2.45, 2.75) is 43.8 Å². The molecule has 2 atom stereocenters. The fraction of sp³-hybridized carbons (Fsp3) is 0.900. The highest BCUT2D eigenvalue weighted by Crippen LogP contribution is 2.31. The lowest BCUT2D eigenvalue weighted by atomic mass is 9.97. The number of halogens is 3. The van der Waals surface area contributed by atoms with Crippen LogP contribution in [0, 0.1) is 0 Å². The Labute approximate surface area is 103 Å². The van der Waals surface area contributed by atoms with Gasteiger partial charge in [0.25, 0.3) is 0 Å². The van der Waals surface area contributed by atoms with Gasteiger partial charge in [0.05, 0.1) is 5.75 Å². The Balaban J connectivity index is 2.53. The molecule has 1 aliphatic rings. The third-order valence-corrected chi connectivity index (χ3v) is 3.55. The van der Waals surface area contributed by atoms with E-state index in [1.54, 1.807) is 6.92 Å². The van der Waals surface area contributed by atoms with Crippen LogP contribution >= 0.6 is 11.8 Å². The van der Waals surface area contributed by atoms with Crippen LogP contribution in [0.15, 0.2) is 0 Å². The van der Waals surface area contributed by atoms with Crippen molar-refractivity contribution in [1.82, 2.24) is 4.90 Å². The summed E-state index contributed by atoms with van der Waals surface area (Å²) in [7, 11) is 0. The molecule has 0 aromatic heterocycles. The Hall–Kier alpha value is -0.430. The second-order valence-electron chi connectivity index (χ2n) is 4.24. The fourth-order valence-electron chi connectivity index (χ4n) is 2.04. The molecule has 0 spiro atoms. The zero-order chi connectivity index (χ0) is 13.1.